The van der Waals surface area contributed by atoms with Crippen LogP contribution in [0, 0.1) is 6.92 Å². The van der Waals surface area contributed by atoms with Crippen molar-refractivity contribution in [3.8, 4) is 11.3 Å². The predicted octanol–water partition coefficient (Wildman–Crippen LogP) is 5.07. The topological polar surface area (TPSA) is 88.1 Å². The first-order valence-corrected chi connectivity index (χ1v) is 12.0. The fraction of sp³-hybridized carbons (Fsp3) is 0.385. The zero-order chi connectivity index (χ0) is 23.2. The molecule has 174 valence electrons. The van der Waals surface area contributed by atoms with Gasteiger partial charge in [-0.2, -0.15) is 10.1 Å². The second kappa shape index (κ2) is 8.36. The van der Waals surface area contributed by atoms with Crippen molar-refractivity contribution in [3.05, 3.63) is 65.7 Å². The van der Waals surface area contributed by atoms with Gasteiger partial charge in [-0.15, -0.1) is 0 Å². The minimum Gasteiger partial charge on any atom is -0.354 e. The molecule has 0 atom stereocenters. The monoisotopic (exact) mass is 455 g/mol. The van der Waals surface area contributed by atoms with E-state index in [4.69, 9.17) is 4.52 Å². The minimum atomic E-state index is 0.391. The summed E-state index contributed by atoms with van der Waals surface area (Å²) in [6.07, 6.45) is 7.37. The smallest absolute Gasteiger partial charge is 0.213 e. The number of rotatable bonds is 5. The Balaban J connectivity index is 1.31. The molecule has 1 fully saturated rings. The Morgan fingerprint density at radius 3 is 2.76 bits per heavy atom. The Kier molecular flexibility index (Phi) is 5.17. The molecule has 0 amide bonds. The lowest BCUT2D eigenvalue weighted by Gasteiger charge is -2.31. The van der Waals surface area contributed by atoms with Crippen LogP contribution < -0.4 is 0 Å². The van der Waals surface area contributed by atoms with Crippen LogP contribution in [0.2, 0.25) is 0 Å². The average molecular weight is 456 g/mol. The Morgan fingerprint density at radius 1 is 1.15 bits per heavy atom. The van der Waals surface area contributed by atoms with Crippen LogP contribution in [0.3, 0.4) is 0 Å². The second-order valence-electron chi connectivity index (χ2n) is 9.71. The van der Waals surface area contributed by atoms with E-state index in [9.17, 15) is 0 Å². The van der Waals surface area contributed by atoms with E-state index in [-0.39, 0.29) is 0 Å². The molecule has 1 aliphatic heterocycles. The fourth-order valence-electron chi connectivity index (χ4n) is 5.43. The summed E-state index contributed by atoms with van der Waals surface area (Å²) in [5.41, 5.74) is 8.33. The van der Waals surface area contributed by atoms with Crippen molar-refractivity contribution < 1.29 is 4.52 Å². The number of likely N-dealkylation sites (tertiary alicyclic amines) is 1. The van der Waals surface area contributed by atoms with Crippen LogP contribution in [-0.4, -0.2) is 47.7 Å². The van der Waals surface area contributed by atoms with E-state index in [2.05, 4.69) is 81.3 Å². The summed E-state index contributed by atoms with van der Waals surface area (Å²) in [7, 11) is 0. The van der Waals surface area contributed by atoms with Gasteiger partial charge in [0.1, 0.15) is 6.33 Å². The Labute approximate surface area is 198 Å². The quantitative estimate of drug-likeness (QED) is 0.398. The van der Waals surface area contributed by atoms with E-state index in [1.165, 1.54) is 34.1 Å². The van der Waals surface area contributed by atoms with E-state index in [0.29, 0.717) is 11.8 Å². The van der Waals surface area contributed by atoms with E-state index in [0.717, 1.165) is 55.1 Å². The number of H-pyrrole nitrogens is 1. The van der Waals surface area contributed by atoms with E-state index >= 15 is 0 Å². The first kappa shape index (κ1) is 21.0. The molecule has 0 unspecified atom stereocenters. The maximum absolute atomic E-state index is 4.88. The lowest BCUT2D eigenvalue weighted by atomic mass is 9.87. The van der Waals surface area contributed by atoms with Crippen LogP contribution in [0.1, 0.15) is 61.0 Å². The maximum Gasteiger partial charge on any atom is 0.213 e. The SMILES string of the molecule is Cc1cc(-c2[nH]c3ccc(C4CCN(Cc5ncon5)CC4)cc3c2C(C)C)cn2ncnc12. The van der Waals surface area contributed by atoms with Gasteiger partial charge < -0.3 is 9.51 Å². The van der Waals surface area contributed by atoms with Gasteiger partial charge in [-0.1, -0.05) is 25.1 Å². The molecule has 8 nitrogen and oxygen atoms in total. The van der Waals surface area contributed by atoms with Crippen LogP contribution in [0.25, 0.3) is 27.8 Å². The van der Waals surface area contributed by atoms with Crippen molar-refractivity contribution in [2.75, 3.05) is 13.1 Å². The van der Waals surface area contributed by atoms with Gasteiger partial charge in [0.05, 0.1) is 12.2 Å². The van der Waals surface area contributed by atoms with Gasteiger partial charge in [0.25, 0.3) is 0 Å². The third-order valence-electron chi connectivity index (χ3n) is 7.12. The van der Waals surface area contributed by atoms with Crippen LogP contribution in [0.15, 0.2) is 47.7 Å². The predicted molar refractivity (Wildman–Crippen MR) is 131 cm³/mol. The largest absolute Gasteiger partial charge is 0.354 e. The number of piperidine rings is 1. The number of hydrogen-bond acceptors (Lipinski definition) is 6. The molecule has 1 aliphatic rings. The number of benzene rings is 1. The number of fused-ring (bicyclic) bond motifs is 2. The number of aryl methyl sites for hydroxylation is 1. The Hall–Kier alpha value is -3.52. The van der Waals surface area contributed by atoms with Crippen molar-refractivity contribution in [3.63, 3.8) is 0 Å². The number of nitrogens with zero attached hydrogens (tertiary/aromatic N) is 6. The number of aromatic nitrogens is 6. The lowest BCUT2D eigenvalue weighted by Crippen LogP contribution is -2.32. The highest BCUT2D eigenvalue weighted by Gasteiger charge is 2.23. The summed E-state index contributed by atoms with van der Waals surface area (Å²) in [6.45, 7) is 9.49. The molecule has 1 saturated heterocycles. The second-order valence-corrected chi connectivity index (χ2v) is 9.71. The van der Waals surface area contributed by atoms with Crippen LogP contribution in [-0.2, 0) is 6.54 Å². The van der Waals surface area contributed by atoms with E-state index in [1.807, 2.05) is 4.52 Å². The zero-order valence-corrected chi connectivity index (χ0v) is 19.8. The summed E-state index contributed by atoms with van der Waals surface area (Å²) in [5.74, 6) is 1.72. The molecular weight excluding hydrogens is 426 g/mol. The van der Waals surface area contributed by atoms with Crippen molar-refractivity contribution in [2.24, 2.45) is 0 Å². The molecule has 0 bridgehead atoms. The molecule has 6 rings (SSSR count). The highest BCUT2D eigenvalue weighted by molar-refractivity contribution is 5.92. The van der Waals surface area contributed by atoms with Crippen LogP contribution in [0.5, 0.6) is 0 Å². The number of hydrogen-bond donors (Lipinski definition) is 1. The minimum absolute atomic E-state index is 0.391. The molecule has 4 aromatic heterocycles. The molecule has 1 N–H and O–H groups in total. The van der Waals surface area contributed by atoms with Gasteiger partial charge in [-0.05, 0) is 79.6 Å². The standard InChI is InChI=1S/C26H29N7O/c1-16(2)24-21-11-19(18-6-8-32(9-7-18)13-23-28-15-34-31-23)4-5-22(21)30-25(24)20-10-17(3)26-27-14-29-33(26)12-20/h4-5,10-12,14-16,18,30H,6-9,13H2,1-3H3. The van der Waals surface area contributed by atoms with Crippen molar-refractivity contribution >= 4 is 16.6 Å². The molecule has 0 radical (unpaired) electrons. The number of pyridine rings is 1. The fourth-order valence-corrected chi connectivity index (χ4v) is 5.43. The molecular formula is C26H29N7O. The molecule has 34 heavy (non-hydrogen) atoms. The lowest BCUT2D eigenvalue weighted by molar-refractivity contribution is 0.198. The molecule has 8 heteroatoms. The summed E-state index contributed by atoms with van der Waals surface area (Å²) in [5, 5.41) is 9.65. The molecule has 0 aliphatic carbocycles. The number of aromatic amines is 1. The molecule has 0 saturated carbocycles. The maximum atomic E-state index is 4.88. The normalized spacial score (nSPS) is 15.8. The van der Waals surface area contributed by atoms with Gasteiger partial charge >= 0.3 is 0 Å². The summed E-state index contributed by atoms with van der Waals surface area (Å²) in [4.78, 5) is 14.7. The van der Waals surface area contributed by atoms with Gasteiger partial charge in [0.2, 0.25) is 6.39 Å². The zero-order valence-electron chi connectivity index (χ0n) is 19.8. The van der Waals surface area contributed by atoms with Gasteiger partial charge in [-0.3, -0.25) is 4.90 Å². The summed E-state index contributed by atoms with van der Waals surface area (Å²) in [6, 6.07) is 9.19. The average Bonchev–Trinajstić information content (AvgIpc) is 3.58. The highest BCUT2D eigenvalue weighted by atomic mass is 16.5. The van der Waals surface area contributed by atoms with Crippen molar-refractivity contribution in [1.29, 1.82) is 0 Å². The summed E-state index contributed by atoms with van der Waals surface area (Å²) < 4.78 is 6.75. The van der Waals surface area contributed by atoms with Crippen LogP contribution in [0.4, 0.5) is 0 Å². The Morgan fingerprint density at radius 2 is 2.00 bits per heavy atom. The van der Waals surface area contributed by atoms with E-state index < -0.39 is 0 Å². The number of nitrogens with one attached hydrogen (secondary N) is 1. The molecule has 5 heterocycles. The van der Waals surface area contributed by atoms with Gasteiger partial charge in [0.15, 0.2) is 11.5 Å². The molecule has 5 aromatic rings. The summed E-state index contributed by atoms with van der Waals surface area (Å²) >= 11 is 0. The van der Waals surface area contributed by atoms with Crippen LogP contribution >= 0.6 is 0 Å². The van der Waals surface area contributed by atoms with Crippen molar-refractivity contribution in [2.45, 2.75) is 52.0 Å². The third kappa shape index (κ3) is 3.68. The molecule has 0 spiro atoms. The molecule has 1 aromatic carbocycles. The first-order chi connectivity index (χ1) is 16.6. The van der Waals surface area contributed by atoms with Gasteiger partial charge in [0, 0.05) is 22.7 Å². The van der Waals surface area contributed by atoms with E-state index in [1.54, 1.807) is 6.33 Å². The Bertz CT molecular complexity index is 1440. The first-order valence-electron chi connectivity index (χ1n) is 12.0. The third-order valence-corrected chi connectivity index (χ3v) is 7.12. The van der Waals surface area contributed by atoms with Gasteiger partial charge in [-0.25, -0.2) is 9.50 Å². The highest BCUT2D eigenvalue weighted by Crippen LogP contribution is 2.38. The van der Waals surface area contributed by atoms with Crippen molar-refractivity contribution in [1.82, 2.24) is 34.6 Å².